The SMILES string of the molecule is COCCc1c(CO)c2ccc3c(c2oc1=O)[C@H]1OC(=O)C[C@H](CCc2ccccc2)Cc2ccc(cc2)CCC(=C(C)C)C(=O)O[C@@H]1[C@](C)(C1CCCC1)O3. The summed E-state index contributed by atoms with van der Waals surface area (Å²) in [6.45, 7) is 5.62. The number of hydrogen-bond acceptors (Lipinski definition) is 9. The van der Waals surface area contributed by atoms with E-state index in [1.165, 1.54) is 5.56 Å². The summed E-state index contributed by atoms with van der Waals surface area (Å²) in [5, 5.41) is 11.1. The first kappa shape index (κ1) is 39.5. The molecular formula is C47H54O9. The molecular weight excluding hydrogens is 709 g/mol. The first-order valence-electron chi connectivity index (χ1n) is 20.2. The molecule has 0 radical (unpaired) electrons. The number of aryl methyl sites for hydroxylation is 2. The van der Waals surface area contributed by atoms with Gasteiger partial charge in [-0.1, -0.05) is 73.0 Å². The zero-order chi connectivity index (χ0) is 39.4. The summed E-state index contributed by atoms with van der Waals surface area (Å²) in [5.41, 5.74) is 4.33. The fourth-order valence-corrected chi connectivity index (χ4v) is 9.13. The van der Waals surface area contributed by atoms with E-state index in [2.05, 4.69) is 36.4 Å². The number of allylic oxidation sites excluding steroid dienone is 1. The Morgan fingerprint density at radius 2 is 1.59 bits per heavy atom. The molecule has 9 heteroatoms. The smallest absolute Gasteiger partial charge is 0.339 e. The second-order valence-corrected chi connectivity index (χ2v) is 16.2. The van der Waals surface area contributed by atoms with Crippen LogP contribution in [-0.2, 0) is 56.1 Å². The van der Waals surface area contributed by atoms with Crippen molar-refractivity contribution in [3.05, 3.63) is 122 Å². The number of ether oxygens (including phenoxy) is 4. The number of carbonyl (C=O) groups is 2. The van der Waals surface area contributed by atoms with E-state index < -0.39 is 42.0 Å². The van der Waals surface area contributed by atoms with E-state index in [0.717, 1.165) is 55.2 Å². The van der Waals surface area contributed by atoms with E-state index in [1.54, 1.807) is 19.2 Å². The Morgan fingerprint density at radius 1 is 0.857 bits per heavy atom. The Labute approximate surface area is 329 Å². The number of hydrogen-bond donors (Lipinski definition) is 1. The molecule has 9 nitrogen and oxygen atoms in total. The molecule has 3 aromatic carbocycles. The highest BCUT2D eigenvalue weighted by Crippen LogP contribution is 2.52. The molecule has 3 aliphatic heterocycles. The topological polar surface area (TPSA) is 122 Å². The first-order valence-corrected chi connectivity index (χ1v) is 20.2. The Balaban J connectivity index is 1.38. The zero-order valence-electron chi connectivity index (χ0n) is 33.1. The minimum atomic E-state index is -1.16. The number of aliphatic hydroxyl groups excluding tert-OH is 1. The molecule has 296 valence electrons. The molecule has 0 unspecified atom stereocenters. The predicted molar refractivity (Wildman–Crippen MR) is 213 cm³/mol. The highest BCUT2D eigenvalue weighted by atomic mass is 16.6. The predicted octanol–water partition coefficient (Wildman–Crippen LogP) is 8.48. The van der Waals surface area contributed by atoms with Crippen LogP contribution < -0.4 is 10.4 Å². The molecule has 56 heavy (non-hydrogen) atoms. The molecule has 4 aromatic rings. The molecule has 1 N–H and O–H groups in total. The summed E-state index contributed by atoms with van der Waals surface area (Å²) in [5.74, 6) is -0.587. The fraction of sp³-hybridized carbons (Fsp3) is 0.468. The van der Waals surface area contributed by atoms with E-state index in [9.17, 15) is 19.5 Å². The van der Waals surface area contributed by atoms with Crippen molar-refractivity contribution in [3.8, 4) is 5.75 Å². The second-order valence-electron chi connectivity index (χ2n) is 16.2. The van der Waals surface area contributed by atoms with Crippen LogP contribution in [0.25, 0.3) is 11.0 Å². The number of esters is 2. The minimum absolute atomic E-state index is 0.000820. The molecule has 4 heterocycles. The molecule has 1 aromatic heterocycles. The van der Waals surface area contributed by atoms with Crippen LogP contribution in [0, 0.1) is 11.8 Å². The van der Waals surface area contributed by atoms with Crippen molar-refractivity contribution >= 4 is 22.9 Å². The Hall–Kier alpha value is -4.73. The second kappa shape index (κ2) is 17.2. The highest BCUT2D eigenvalue weighted by Gasteiger charge is 2.57. The first-order chi connectivity index (χ1) is 27.1. The molecule has 0 amide bonds. The maximum atomic E-state index is 14.5. The quantitative estimate of drug-likeness (QED) is 0.107. The van der Waals surface area contributed by atoms with Crippen LogP contribution >= 0.6 is 0 Å². The van der Waals surface area contributed by atoms with Crippen LogP contribution in [0.5, 0.6) is 5.75 Å². The Bertz CT molecular complexity index is 2120. The van der Waals surface area contributed by atoms with E-state index in [1.807, 2.05) is 39.0 Å². The molecule has 2 bridgehead atoms. The summed E-state index contributed by atoms with van der Waals surface area (Å²) >= 11 is 0. The maximum Gasteiger partial charge on any atom is 0.339 e. The molecule has 1 fully saturated rings. The summed E-state index contributed by atoms with van der Waals surface area (Å²) in [7, 11) is 1.55. The van der Waals surface area contributed by atoms with Crippen molar-refractivity contribution in [2.45, 2.75) is 116 Å². The number of methoxy groups -OCH3 is 1. The van der Waals surface area contributed by atoms with E-state index in [-0.39, 0.29) is 36.9 Å². The lowest BCUT2D eigenvalue weighted by Gasteiger charge is -2.48. The number of benzene rings is 3. The average Bonchev–Trinajstić information content (AvgIpc) is 3.74. The summed E-state index contributed by atoms with van der Waals surface area (Å²) in [6, 6.07) is 22.3. The lowest BCUT2D eigenvalue weighted by Crippen LogP contribution is -2.58. The summed E-state index contributed by atoms with van der Waals surface area (Å²) in [4.78, 5) is 42.7. The largest absolute Gasteiger partial charge is 0.483 e. The van der Waals surface area contributed by atoms with E-state index >= 15 is 0 Å². The molecule has 1 aliphatic carbocycles. The van der Waals surface area contributed by atoms with Gasteiger partial charge in [-0.15, -0.1) is 0 Å². The lowest BCUT2D eigenvalue weighted by atomic mass is 9.76. The van der Waals surface area contributed by atoms with Crippen LogP contribution in [0.2, 0.25) is 0 Å². The summed E-state index contributed by atoms with van der Waals surface area (Å²) < 4.78 is 31.6. The summed E-state index contributed by atoms with van der Waals surface area (Å²) in [6.07, 6.45) is 5.21. The van der Waals surface area contributed by atoms with Crippen LogP contribution in [0.3, 0.4) is 0 Å². The van der Waals surface area contributed by atoms with Gasteiger partial charge in [-0.05, 0) is 106 Å². The van der Waals surface area contributed by atoms with Gasteiger partial charge in [0.05, 0.1) is 18.8 Å². The van der Waals surface area contributed by atoms with Crippen molar-refractivity contribution in [1.82, 2.24) is 0 Å². The third-order valence-corrected chi connectivity index (χ3v) is 12.3. The molecule has 1 saturated carbocycles. The average molecular weight is 763 g/mol. The van der Waals surface area contributed by atoms with Gasteiger partial charge in [0.25, 0.3) is 0 Å². The number of rotatable bonds is 8. The maximum absolute atomic E-state index is 14.5. The van der Waals surface area contributed by atoms with Gasteiger partial charge in [-0.25, -0.2) is 9.59 Å². The van der Waals surface area contributed by atoms with Crippen molar-refractivity contribution in [3.63, 3.8) is 0 Å². The van der Waals surface area contributed by atoms with E-state index in [0.29, 0.717) is 52.7 Å². The minimum Gasteiger partial charge on any atom is -0.483 e. The molecule has 4 atom stereocenters. The van der Waals surface area contributed by atoms with E-state index in [4.69, 9.17) is 23.4 Å². The van der Waals surface area contributed by atoms with Crippen LogP contribution in [0.4, 0.5) is 0 Å². The van der Waals surface area contributed by atoms with Gasteiger partial charge < -0.3 is 28.5 Å². The van der Waals surface area contributed by atoms with Crippen LogP contribution in [-0.4, -0.2) is 42.5 Å². The van der Waals surface area contributed by atoms with Crippen molar-refractivity contribution < 1.29 is 38.1 Å². The standard InChI is InChI=1S/C47H54O9/c1-29(2)35-21-20-31-14-17-32(18-15-31)26-33(19-16-30-10-6-5-7-11-30)27-40(49)53-43-41-39(56-47(3,34-12-8-9-13-34)44(43)55-45(35)50)23-22-36-38(28-48)37(24-25-52-4)46(51)54-42(36)41/h5-7,10-11,14-15,17-18,22-23,33-34,43-44,48H,8-9,12-13,16,19-21,24-28H2,1-4H3/t33-,43-,44+,47+/m1/s1. The molecule has 8 rings (SSSR count). The van der Waals surface area contributed by atoms with Gasteiger partial charge in [0.2, 0.25) is 0 Å². The normalized spacial score (nSPS) is 23.3. The van der Waals surface area contributed by atoms with Crippen LogP contribution in [0.15, 0.2) is 87.1 Å². The number of carbonyl (C=O) groups excluding carboxylic acids is 2. The monoisotopic (exact) mass is 762 g/mol. The van der Waals surface area contributed by atoms with Crippen LogP contribution in [0.1, 0.15) is 105 Å². The molecule has 0 spiro atoms. The third kappa shape index (κ3) is 8.21. The lowest BCUT2D eigenvalue weighted by molar-refractivity contribution is -0.199. The molecule has 4 aliphatic rings. The van der Waals surface area contributed by atoms with Gasteiger partial charge in [-0.3, -0.25) is 4.79 Å². The zero-order valence-corrected chi connectivity index (χ0v) is 33.1. The Kier molecular flexibility index (Phi) is 12.1. The van der Waals surface area contributed by atoms with Crippen molar-refractivity contribution in [2.24, 2.45) is 11.8 Å². The van der Waals surface area contributed by atoms with Gasteiger partial charge in [0.1, 0.15) is 16.9 Å². The van der Waals surface area contributed by atoms with Gasteiger partial charge in [0, 0.05) is 42.4 Å². The molecule has 0 saturated heterocycles. The van der Waals surface area contributed by atoms with Gasteiger partial charge in [-0.2, -0.15) is 0 Å². The number of fused-ring (bicyclic) bond motifs is 13. The fourth-order valence-electron chi connectivity index (χ4n) is 9.13. The van der Waals surface area contributed by atoms with Crippen molar-refractivity contribution in [2.75, 3.05) is 13.7 Å². The highest BCUT2D eigenvalue weighted by molar-refractivity contribution is 5.90. The van der Waals surface area contributed by atoms with Crippen molar-refractivity contribution in [1.29, 1.82) is 0 Å². The van der Waals surface area contributed by atoms with Gasteiger partial charge >= 0.3 is 17.6 Å². The number of aliphatic hydroxyl groups is 1. The third-order valence-electron chi connectivity index (χ3n) is 12.3. The van der Waals surface area contributed by atoms with Gasteiger partial charge in [0.15, 0.2) is 12.2 Å². The Morgan fingerprint density at radius 3 is 2.29 bits per heavy atom.